The van der Waals surface area contributed by atoms with Crippen LogP contribution < -0.4 is 4.74 Å². The van der Waals surface area contributed by atoms with Gasteiger partial charge in [-0.05, 0) is 37.1 Å². The van der Waals surface area contributed by atoms with E-state index in [9.17, 15) is 4.79 Å². The molecule has 1 N–H and O–H groups in total. The van der Waals surface area contributed by atoms with Crippen molar-refractivity contribution in [2.75, 3.05) is 19.7 Å². The molecule has 1 aromatic heterocycles. The fraction of sp³-hybridized carbons (Fsp3) is 0.300. The fourth-order valence-electron chi connectivity index (χ4n) is 3.35. The summed E-state index contributed by atoms with van der Waals surface area (Å²) in [6.45, 7) is 1.56. The lowest BCUT2D eigenvalue weighted by Gasteiger charge is -2.31. The third-order valence-corrected chi connectivity index (χ3v) is 4.67. The zero-order chi connectivity index (χ0) is 17.1. The van der Waals surface area contributed by atoms with Gasteiger partial charge in [-0.1, -0.05) is 30.3 Å². The normalized spacial score (nSPS) is 17.6. The minimum atomic E-state index is 0.0321. The van der Waals surface area contributed by atoms with E-state index in [-0.39, 0.29) is 18.4 Å². The summed E-state index contributed by atoms with van der Waals surface area (Å²) in [4.78, 5) is 22.5. The maximum absolute atomic E-state index is 12.5. The van der Waals surface area contributed by atoms with E-state index in [0.717, 1.165) is 42.0 Å². The second kappa shape index (κ2) is 6.97. The van der Waals surface area contributed by atoms with Crippen LogP contribution in [0.5, 0.6) is 5.75 Å². The summed E-state index contributed by atoms with van der Waals surface area (Å²) < 4.78 is 5.60. The van der Waals surface area contributed by atoms with E-state index in [1.807, 2.05) is 59.5 Å². The zero-order valence-corrected chi connectivity index (χ0v) is 14.0. The van der Waals surface area contributed by atoms with Gasteiger partial charge in [0.05, 0.1) is 11.0 Å². The van der Waals surface area contributed by atoms with Gasteiger partial charge in [0.25, 0.3) is 5.91 Å². The molecule has 25 heavy (non-hydrogen) atoms. The Morgan fingerprint density at radius 1 is 1.16 bits per heavy atom. The largest absolute Gasteiger partial charge is 0.484 e. The molecule has 1 saturated heterocycles. The maximum atomic E-state index is 12.5. The quantitative estimate of drug-likeness (QED) is 0.795. The highest BCUT2D eigenvalue weighted by atomic mass is 16.5. The van der Waals surface area contributed by atoms with Gasteiger partial charge in [0.15, 0.2) is 6.61 Å². The number of piperidine rings is 1. The Morgan fingerprint density at radius 2 is 1.96 bits per heavy atom. The standard InChI is InChI=1S/C20H21N3O2/c24-19(14-25-16-8-2-1-3-9-16)23-12-6-7-15(13-23)20-21-17-10-4-5-11-18(17)22-20/h1-5,8-11,15H,6-7,12-14H2,(H,21,22)/t15-/m0/s1. The molecule has 1 amide bonds. The predicted molar refractivity (Wildman–Crippen MR) is 96.6 cm³/mol. The number of nitrogens with zero attached hydrogens (tertiary/aromatic N) is 2. The van der Waals surface area contributed by atoms with Gasteiger partial charge in [0.1, 0.15) is 11.6 Å². The maximum Gasteiger partial charge on any atom is 0.260 e. The van der Waals surface area contributed by atoms with Gasteiger partial charge in [-0.15, -0.1) is 0 Å². The third kappa shape index (κ3) is 3.50. The second-order valence-corrected chi connectivity index (χ2v) is 6.42. The van der Waals surface area contributed by atoms with Crippen molar-refractivity contribution in [3.05, 3.63) is 60.4 Å². The van der Waals surface area contributed by atoms with Crippen molar-refractivity contribution in [1.29, 1.82) is 0 Å². The molecule has 0 saturated carbocycles. The van der Waals surface area contributed by atoms with Crippen LogP contribution >= 0.6 is 0 Å². The average Bonchev–Trinajstić information content (AvgIpc) is 3.11. The molecule has 5 heteroatoms. The molecule has 0 spiro atoms. The Bertz CT molecular complexity index is 827. The summed E-state index contributed by atoms with van der Waals surface area (Å²) in [5.41, 5.74) is 2.03. The molecule has 2 heterocycles. The number of hydrogen-bond donors (Lipinski definition) is 1. The number of nitrogens with one attached hydrogen (secondary N) is 1. The van der Waals surface area contributed by atoms with Crippen molar-refractivity contribution in [2.45, 2.75) is 18.8 Å². The first-order valence-electron chi connectivity index (χ1n) is 8.70. The molecule has 0 radical (unpaired) electrons. The summed E-state index contributed by atoms with van der Waals surface area (Å²) in [7, 11) is 0. The average molecular weight is 335 g/mol. The first-order valence-corrected chi connectivity index (χ1v) is 8.70. The van der Waals surface area contributed by atoms with Crippen molar-refractivity contribution in [3.8, 4) is 5.75 Å². The lowest BCUT2D eigenvalue weighted by atomic mass is 9.97. The number of carbonyl (C=O) groups excluding carboxylic acids is 1. The van der Waals surface area contributed by atoms with Crippen molar-refractivity contribution in [2.24, 2.45) is 0 Å². The highest BCUT2D eigenvalue weighted by molar-refractivity contribution is 5.78. The Balaban J connectivity index is 1.41. The number of benzene rings is 2. The molecule has 128 valence electrons. The molecule has 0 bridgehead atoms. The first-order chi connectivity index (χ1) is 12.3. The molecule has 1 aliphatic rings. The molecular weight excluding hydrogens is 314 g/mol. The van der Waals surface area contributed by atoms with Gasteiger partial charge < -0.3 is 14.6 Å². The number of likely N-dealkylation sites (tertiary alicyclic amines) is 1. The van der Waals surface area contributed by atoms with Crippen LogP contribution in [0.25, 0.3) is 11.0 Å². The zero-order valence-electron chi connectivity index (χ0n) is 14.0. The van der Waals surface area contributed by atoms with E-state index in [4.69, 9.17) is 9.72 Å². The van der Waals surface area contributed by atoms with E-state index >= 15 is 0 Å². The molecule has 0 unspecified atom stereocenters. The van der Waals surface area contributed by atoms with Crippen LogP contribution in [0.2, 0.25) is 0 Å². The van der Waals surface area contributed by atoms with Gasteiger partial charge in [-0.3, -0.25) is 4.79 Å². The number of aromatic amines is 1. The van der Waals surface area contributed by atoms with Crippen LogP contribution in [0.15, 0.2) is 54.6 Å². The minimum Gasteiger partial charge on any atom is -0.484 e. The molecule has 1 atom stereocenters. The molecular formula is C20H21N3O2. The lowest BCUT2D eigenvalue weighted by molar-refractivity contribution is -0.134. The number of para-hydroxylation sites is 3. The van der Waals surface area contributed by atoms with Crippen molar-refractivity contribution >= 4 is 16.9 Å². The molecule has 5 nitrogen and oxygen atoms in total. The SMILES string of the molecule is O=C(COc1ccccc1)N1CCC[C@H](c2nc3ccccc3[nH]2)C1. The van der Waals surface area contributed by atoms with Crippen LogP contribution in [-0.2, 0) is 4.79 Å². The van der Waals surface area contributed by atoms with E-state index in [0.29, 0.717) is 6.54 Å². The van der Waals surface area contributed by atoms with Crippen LogP contribution in [-0.4, -0.2) is 40.5 Å². The van der Waals surface area contributed by atoms with Gasteiger partial charge in [0, 0.05) is 19.0 Å². The molecule has 4 rings (SSSR count). The van der Waals surface area contributed by atoms with Crippen LogP contribution in [0.3, 0.4) is 0 Å². The molecule has 3 aromatic rings. The second-order valence-electron chi connectivity index (χ2n) is 6.42. The lowest BCUT2D eigenvalue weighted by Crippen LogP contribution is -2.41. The molecule has 1 aliphatic heterocycles. The van der Waals surface area contributed by atoms with Crippen molar-refractivity contribution < 1.29 is 9.53 Å². The minimum absolute atomic E-state index is 0.0321. The number of imidazole rings is 1. The van der Waals surface area contributed by atoms with Gasteiger partial charge in [-0.2, -0.15) is 0 Å². The smallest absolute Gasteiger partial charge is 0.260 e. The van der Waals surface area contributed by atoms with E-state index in [2.05, 4.69) is 4.98 Å². The Labute approximate surface area is 146 Å². The summed E-state index contributed by atoms with van der Waals surface area (Å²) in [6.07, 6.45) is 2.03. The Morgan fingerprint density at radius 3 is 2.80 bits per heavy atom. The number of fused-ring (bicyclic) bond motifs is 1. The number of hydrogen-bond acceptors (Lipinski definition) is 3. The highest BCUT2D eigenvalue weighted by Gasteiger charge is 2.26. The number of amides is 1. The fourth-order valence-corrected chi connectivity index (χ4v) is 3.35. The van der Waals surface area contributed by atoms with E-state index < -0.39 is 0 Å². The highest BCUT2D eigenvalue weighted by Crippen LogP contribution is 2.26. The molecule has 0 aliphatic carbocycles. The summed E-state index contributed by atoms with van der Waals surface area (Å²) in [5.74, 6) is 1.98. The summed E-state index contributed by atoms with van der Waals surface area (Å²) in [6, 6.07) is 17.5. The summed E-state index contributed by atoms with van der Waals surface area (Å²) >= 11 is 0. The third-order valence-electron chi connectivity index (χ3n) is 4.67. The van der Waals surface area contributed by atoms with Crippen LogP contribution in [0, 0.1) is 0 Å². The topological polar surface area (TPSA) is 58.2 Å². The first kappa shape index (κ1) is 15.7. The molecule has 1 fully saturated rings. The Hall–Kier alpha value is -2.82. The molecule has 2 aromatic carbocycles. The van der Waals surface area contributed by atoms with Gasteiger partial charge in [-0.25, -0.2) is 4.98 Å². The van der Waals surface area contributed by atoms with Gasteiger partial charge >= 0.3 is 0 Å². The predicted octanol–water partition coefficient (Wildman–Crippen LogP) is 3.35. The number of rotatable bonds is 4. The van der Waals surface area contributed by atoms with Crippen LogP contribution in [0.4, 0.5) is 0 Å². The van der Waals surface area contributed by atoms with Gasteiger partial charge in [0.2, 0.25) is 0 Å². The van der Waals surface area contributed by atoms with E-state index in [1.54, 1.807) is 0 Å². The monoisotopic (exact) mass is 335 g/mol. The van der Waals surface area contributed by atoms with Crippen LogP contribution in [0.1, 0.15) is 24.6 Å². The van der Waals surface area contributed by atoms with Crippen molar-refractivity contribution in [3.63, 3.8) is 0 Å². The number of ether oxygens (including phenoxy) is 1. The van der Waals surface area contributed by atoms with Crippen molar-refractivity contribution in [1.82, 2.24) is 14.9 Å². The summed E-state index contributed by atoms with van der Waals surface area (Å²) in [5, 5.41) is 0. The number of H-pyrrole nitrogens is 1. The Kier molecular flexibility index (Phi) is 4.37. The number of aromatic nitrogens is 2. The number of carbonyl (C=O) groups is 1. The van der Waals surface area contributed by atoms with E-state index in [1.165, 1.54) is 0 Å².